The molecule has 0 atom stereocenters. The Bertz CT molecular complexity index is 425. The Morgan fingerprint density at radius 3 is 2.56 bits per heavy atom. The minimum absolute atomic E-state index is 0.780. The molecule has 86 valence electrons. The summed E-state index contributed by atoms with van der Waals surface area (Å²) in [5.41, 5.74) is 2.70. The average Bonchev–Trinajstić information content (AvgIpc) is 2.29. The average molecular weight is 224 g/mol. The van der Waals surface area contributed by atoms with Crippen molar-refractivity contribution >= 4 is 12.0 Å². The molecule has 1 aromatic rings. The smallest absolute Gasteiger partial charge is 0.372 e. The number of methoxy groups -OCH3 is 1. The number of rotatable bonds is 3. The zero-order valence-corrected chi connectivity index (χ0v) is 9.41. The van der Waals surface area contributed by atoms with Gasteiger partial charge in [-0.25, -0.2) is 4.79 Å². The van der Waals surface area contributed by atoms with Crippen molar-refractivity contribution in [3.8, 4) is 5.75 Å². The van der Waals surface area contributed by atoms with E-state index in [0.29, 0.717) is 0 Å². The maximum absolute atomic E-state index is 11.5. The maximum Gasteiger partial charge on any atom is 0.372 e. The van der Waals surface area contributed by atoms with E-state index < -0.39 is 5.97 Å². The Morgan fingerprint density at radius 2 is 2.00 bits per heavy atom. The van der Waals surface area contributed by atoms with Crippen LogP contribution in [0.15, 0.2) is 18.2 Å². The predicted octanol–water partition coefficient (Wildman–Crippen LogP) is 2.75. The predicted molar refractivity (Wildman–Crippen MR) is 58.7 cm³/mol. The fraction of sp³-hybridized carbons (Fsp3) is 0.250. The van der Waals surface area contributed by atoms with Gasteiger partial charge in [0.1, 0.15) is 5.75 Å². The highest BCUT2D eigenvalue weighted by atomic mass is 19.3. The first-order valence-corrected chi connectivity index (χ1v) is 4.74. The Kier molecular flexibility index (Phi) is 4.05. The molecule has 4 heteroatoms. The Labute approximate surface area is 93.4 Å². The van der Waals surface area contributed by atoms with Crippen molar-refractivity contribution < 1.29 is 19.0 Å². The molecule has 0 aliphatic carbocycles. The molecule has 0 unspecified atom stereocenters. The number of benzene rings is 1. The van der Waals surface area contributed by atoms with Gasteiger partial charge in [0.15, 0.2) is 0 Å². The van der Waals surface area contributed by atoms with Crippen LogP contribution >= 0.6 is 0 Å². The SMILES string of the molecule is COc1cc(C)c(/C=C/C(=O)OF)cc1C. The van der Waals surface area contributed by atoms with E-state index >= 15 is 0 Å². The van der Waals surface area contributed by atoms with Crippen LogP contribution in [0.5, 0.6) is 5.75 Å². The van der Waals surface area contributed by atoms with Crippen LogP contribution in [-0.2, 0) is 9.74 Å². The summed E-state index contributed by atoms with van der Waals surface area (Å²) in [7, 11) is 1.59. The van der Waals surface area contributed by atoms with E-state index in [1.54, 1.807) is 7.11 Å². The van der Waals surface area contributed by atoms with E-state index in [2.05, 4.69) is 4.94 Å². The lowest BCUT2D eigenvalue weighted by Crippen LogP contribution is -1.93. The van der Waals surface area contributed by atoms with Crippen LogP contribution in [0.25, 0.3) is 6.08 Å². The normalized spacial score (nSPS) is 10.5. The topological polar surface area (TPSA) is 35.5 Å². The van der Waals surface area contributed by atoms with Crippen molar-refractivity contribution in [1.29, 1.82) is 0 Å². The van der Waals surface area contributed by atoms with Crippen molar-refractivity contribution in [2.75, 3.05) is 7.11 Å². The van der Waals surface area contributed by atoms with Crippen LogP contribution in [-0.4, -0.2) is 13.1 Å². The number of hydrogen-bond donors (Lipinski definition) is 0. The van der Waals surface area contributed by atoms with Gasteiger partial charge in [0, 0.05) is 10.6 Å². The van der Waals surface area contributed by atoms with Crippen LogP contribution in [0.4, 0.5) is 4.53 Å². The second-order valence-electron chi connectivity index (χ2n) is 3.41. The highest BCUT2D eigenvalue weighted by Crippen LogP contribution is 2.23. The first kappa shape index (κ1) is 12.2. The van der Waals surface area contributed by atoms with E-state index in [1.807, 2.05) is 26.0 Å². The highest BCUT2D eigenvalue weighted by Gasteiger charge is 2.03. The number of hydrogen-bond acceptors (Lipinski definition) is 3. The van der Waals surface area contributed by atoms with E-state index in [0.717, 1.165) is 28.5 Å². The monoisotopic (exact) mass is 224 g/mol. The molecule has 0 saturated heterocycles. The minimum atomic E-state index is -1.02. The van der Waals surface area contributed by atoms with Crippen LogP contribution in [0.3, 0.4) is 0 Å². The van der Waals surface area contributed by atoms with Crippen molar-refractivity contribution in [3.63, 3.8) is 0 Å². The molecule has 1 rings (SSSR count). The molecule has 1 aromatic carbocycles. The van der Waals surface area contributed by atoms with Gasteiger partial charge in [0.05, 0.1) is 7.11 Å². The van der Waals surface area contributed by atoms with Gasteiger partial charge < -0.3 is 4.74 Å². The van der Waals surface area contributed by atoms with Gasteiger partial charge in [-0.05, 0) is 48.7 Å². The lowest BCUT2D eigenvalue weighted by atomic mass is 10.0. The Morgan fingerprint density at radius 1 is 1.31 bits per heavy atom. The summed E-state index contributed by atoms with van der Waals surface area (Å²) >= 11 is 0. The van der Waals surface area contributed by atoms with Crippen LogP contribution in [0, 0.1) is 13.8 Å². The zero-order valence-electron chi connectivity index (χ0n) is 9.41. The van der Waals surface area contributed by atoms with E-state index in [1.165, 1.54) is 6.08 Å². The lowest BCUT2D eigenvalue weighted by molar-refractivity contribution is -0.176. The van der Waals surface area contributed by atoms with Gasteiger partial charge in [-0.1, -0.05) is 0 Å². The van der Waals surface area contributed by atoms with Gasteiger partial charge in [-0.2, -0.15) is 0 Å². The molecule has 0 spiro atoms. The molecule has 0 amide bonds. The van der Waals surface area contributed by atoms with E-state index in [-0.39, 0.29) is 0 Å². The first-order chi connectivity index (χ1) is 7.58. The molecule has 0 aliphatic heterocycles. The van der Waals surface area contributed by atoms with Gasteiger partial charge >= 0.3 is 5.97 Å². The molecule has 0 N–H and O–H groups in total. The fourth-order valence-corrected chi connectivity index (χ4v) is 1.40. The number of aryl methyl sites for hydroxylation is 2. The quantitative estimate of drug-likeness (QED) is 0.740. The van der Waals surface area contributed by atoms with E-state index in [9.17, 15) is 9.32 Å². The minimum Gasteiger partial charge on any atom is -0.496 e. The van der Waals surface area contributed by atoms with Crippen LogP contribution < -0.4 is 4.74 Å². The Balaban J connectivity index is 3.02. The number of carbonyl (C=O) groups excluding carboxylic acids is 1. The van der Waals surface area contributed by atoms with Gasteiger partial charge in [0.25, 0.3) is 0 Å². The Hall–Kier alpha value is -1.84. The van der Waals surface area contributed by atoms with Crippen LogP contribution in [0.1, 0.15) is 16.7 Å². The van der Waals surface area contributed by atoms with Crippen molar-refractivity contribution in [1.82, 2.24) is 0 Å². The molecule has 0 bridgehead atoms. The zero-order chi connectivity index (χ0) is 12.1. The summed E-state index contributed by atoms with van der Waals surface area (Å²) in [5.74, 6) is -0.240. The van der Waals surface area contributed by atoms with Crippen molar-refractivity contribution in [2.45, 2.75) is 13.8 Å². The van der Waals surface area contributed by atoms with Crippen molar-refractivity contribution in [3.05, 3.63) is 34.9 Å². The molecule has 0 aliphatic rings. The summed E-state index contributed by atoms with van der Waals surface area (Å²) in [5, 5.41) is 0. The van der Waals surface area contributed by atoms with E-state index in [4.69, 9.17) is 4.74 Å². The third-order valence-corrected chi connectivity index (χ3v) is 2.26. The third-order valence-electron chi connectivity index (χ3n) is 2.26. The first-order valence-electron chi connectivity index (χ1n) is 4.74. The molecular formula is C12H13FO3. The fourth-order valence-electron chi connectivity index (χ4n) is 1.40. The van der Waals surface area contributed by atoms with Crippen molar-refractivity contribution in [2.24, 2.45) is 0 Å². The molecule has 0 fully saturated rings. The summed E-state index contributed by atoms with van der Waals surface area (Å²) in [6, 6.07) is 3.71. The molecule has 16 heavy (non-hydrogen) atoms. The summed E-state index contributed by atoms with van der Waals surface area (Å²) in [6.45, 7) is 3.77. The maximum atomic E-state index is 11.5. The summed E-state index contributed by atoms with van der Waals surface area (Å²) < 4.78 is 16.6. The third kappa shape index (κ3) is 2.82. The van der Waals surface area contributed by atoms with Gasteiger partial charge in [-0.15, -0.1) is 0 Å². The summed E-state index contributed by atoms with van der Waals surface area (Å²) in [6.07, 6.45) is 2.54. The molecular weight excluding hydrogens is 211 g/mol. The number of ether oxygens (including phenoxy) is 1. The van der Waals surface area contributed by atoms with Crippen LogP contribution in [0.2, 0.25) is 0 Å². The molecule has 0 saturated carbocycles. The number of halogens is 1. The number of carbonyl (C=O) groups is 1. The second-order valence-corrected chi connectivity index (χ2v) is 3.41. The molecule has 0 heterocycles. The second kappa shape index (κ2) is 5.30. The van der Waals surface area contributed by atoms with Gasteiger partial charge in [0.2, 0.25) is 0 Å². The molecule has 3 nitrogen and oxygen atoms in total. The molecule has 0 radical (unpaired) electrons. The molecule has 0 aromatic heterocycles. The standard InChI is InChI=1S/C12H13FO3/c1-8-7-11(15-3)9(2)6-10(8)4-5-12(14)16-13/h4-7H,1-3H3/b5-4+. The lowest BCUT2D eigenvalue weighted by Gasteiger charge is -2.08. The highest BCUT2D eigenvalue weighted by molar-refractivity contribution is 5.86. The summed E-state index contributed by atoms with van der Waals surface area (Å²) in [4.78, 5) is 13.6. The van der Waals surface area contributed by atoms with Gasteiger partial charge in [-0.3, -0.25) is 4.94 Å². The largest absolute Gasteiger partial charge is 0.496 e.